The van der Waals surface area contributed by atoms with E-state index in [2.05, 4.69) is 42.0 Å². The summed E-state index contributed by atoms with van der Waals surface area (Å²) < 4.78 is 4.35. The molecular weight excluding hydrogens is 422 g/mol. The van der Waals surface area contributed by atoms with E-state index in [9.17, 15) is 9.59 Å². The fourth-order valence-corrected chi connectivity index (χ4v) is 1.03. The molecule has 0 bridgehead atoms. The van der Waals surface area contributed by atoms with Crippen LogP contribution in [0.15, 0.2) is 24.3 Å². The molecule has 1 aromatic rings. The predicted molar refractivity (Wildman–Crippen MR) is 75.6 cm³/mol. The van der Waals surface area contributed by atoms with Crippen LogP contribution in [-0.4, -0.2) is 11.9 Å². The summed E-state index contributed by atoms with van der Waals surface area (Å²) in [6, 6.07) is 6.53. The summed E-state index contributed by atoms with van der Waals surface area (Å²) in [5.74, 6) is -1.10. The summed E-state index contributed by atoms with van der Waals surface area (Å²) >= 11 is 4.24. The summed E-state index contributed by atoms with van der Waals surface area (Å²) in [7, 11) is 0. The first-order valence-electron chi connectivity index (χ1n) is 4.29. The molecule has 0 aromatic heterocycles. The fraction of sp³-hybridized carbons (Fsp3) is 0.200. The highest BCUT2D eigenvalue weighted by Crippen LogP contribution is 2.18. The van der Waals surface area contributed by atoms with Crippen LogP contribution in [-0.2, 0) is 4.74 Å². The molecule has 82 valence electrons. The molecule has 1 heterocycles. The fourth-order valence-electron chi connectivity index (χ4n) is 1.03. The van der Waals surface area contributed by atoms with E-state index in [1.165, 1.54) is 0 Å². The van der Waals surface area contributed by atoms with E-state index >= 15 is 0 Å². The van der Waals surface area contributed by atoms with Crippen molar-refractivity contribution in [1.29, 1.82) is 0 Å². The van der Waals surface area contributed by atoms with Gasteiger partial charge in [-0.05, 0) is 12.1 Å². The molecule has 0 saturated carbocycles. The first-order valence-corrected chi connectivity index (χ1v) is 10.6. The lowest BCUT2D eigenvalue weighted by Gasteiger charge is -1.86. The Morgan fingerprint density at radius 2 is 1.27 bits per heavy atom. The van der Waals surface area contributed by atoms with Crippen molar-refractivity contribution in [2.75, 3.05) is 0 Å². The lowest BCUT2D eigenvalue weighted by atomic mass is 10.1. The molecule has 1 aromatic carbocycles. The second-order valence-corrected chi connectivity index (χ2v) is 2.22. The molecule has 3 nitrogen and oxygen atoms in total. The number of esters is 2. The van der Waals surface area contributed by atoms with E-state index < -0.39 is 11.9 Å². The van der Waals surface area contributed by atoms with Gasteiger partial charge in [0.15, 0.2) is 0 Å². The van der Waals surface area contributed by atoms with E-state index in [4.69, 9.17) is 0 Å². The minimum Gasteiger partial charge on any atom is -0.386 e. The maximum absolute atomic E-state index is 10.8. The van der Waals surface area contributed by atoms with Gasteiger partial charge in [-0.1, -0.05) is 26.0 Å². The Kier molecular flexibility index (Phi) is 7.93. The molecular formula is C10H10I2O3. The molecule has 2 rings (SSSR count). The number of hydrogen-bond donors (Lipinski definition) is 0. The topological polar surface area (TPSA) is 43.4 Å². The van der Waals surface area contributed by atoms with Gasteiger partial charge in [0.1, 0.15) is 0 Å². The van der Waals surface area contributed by atoms with Gasteiger partial charge in [0.05, 0.1) is 11.1 Å². The first-order chi connectivity index (χ1) is 7.29. The van der Waals surface area contributed by atoms with Crippen molar-refractivity contribution >= 4 is 49.2 Å². The largest absolute Gasteiger partial charge is 0.386 e. The number of hydrogen-bond acceptors (Lipinski definition) is 3. The van der Waals surface area contributed by atoms with Crippen LogP contribution in [0.4, 0.5) is 0 Å². The van der Waals surface area contributed by atoms with E-state index in [0.717, 1.165) is 0 Å². The highest BCUT2D eigenvalue weighted by Gasteiger charge is 2.28. The smallest absolute Gasteiger partial charge is 0.346 e. The van der Waals surface area contributed by atoms with Gasteiger partial charge in [0.2, 0.25) is 0 Å². The van der Waals surface area contributed by atoms with Gasteiger partial charge in [-0.15, -0.1) is 0 Å². The van der Waals surface area contributed by atoms with E-state index in [1.54, 1.807) is 24.3 Å². The zero-order chi connectivity index (χ0) is 11.8. The van der Waals surface area contributed by atoms with Crippen molar-refractivity contribution < 1.29 is 14.3 Å². The molecule has 0 aliphatic carbocycles. The third-order valence-corrected chi connectivity index (χ3v) is 1.55. The second-order valence-electron chi connectivity index (χ2n) is 2.22. The summed E-state index contributed by atoms with van der Waals surface area (Å²) in [5, 5.41) is 0. The Morgan fingerprint density at radius 1 is 0.933 bits per heavy atom. The molecule has 0 N–H and O–H groups in total. The lowest BCUT2D eigenvalue weighted by Crippen LogP contribution is -1.96. The molecule has 15 heavy (non-hydrogen) atoms. The van der Waals surface area contributed by atoms with Crippen LogP contribution in [0.5, 0.6) is 0 Å². The molecule has 1 aliphatic rings. The van der Waals surface area contributed by atoms with Crippen LogP contribution in [0.3, 0.4) is 0 Å². The SMILES string of the molecule is CC.II.O=C1OC(=O)c2ccccc21. The van der Waals surface area contributed by atoms with Gasteiger partial charge in [-0.3, -0.25) is 0 Å². The number of halogens is 2. The number of rotatable bonds is 0. The maximum Gasteiger partial charge on any atom is 0.346 e. The molecule has 5 heteroatoms. The standard InChI is InChI=1S/C8H4O3.C2H6.I2/c9-7-5-3-1-2-4-6(5)8(10)11-7;2*1-2/h1-4H;1-2H3;. The normalized spacial score (nSPS) is 11.5. The van der Waals surface area contributed by atoms with Crippen LogP contribution < -0.4 is 0 Å². The quantitative estimate of drug-likeness (QED) is 0.356. The zero-order valence-electron chi connectivity index (χ0n) is 8.29. The summed E-state index contributed by atoms with van der Waals surface area (Å²) in [4.78, 5) is 21.7. The summed E-state index contributed by atoms with van der Waals surface area (Å²) in [5.41, 5.74) is 0.718. The second kappa shape index (κ2) is 8.03. The van der Waals surface area contributed by atoms with Crippen molar-refractivity contribution in [2.45, 2.75) is 13.8 Å². The Morgan fingerprint density at radius 3 is 1.60 bits per heavy atom. The van der Waals surface area contributed by atoms with E-state index in [0.29, 0.717) is 11.1 Å². The predicted octanol–water partition coefficient (Wildman–Crippen LogP) is 3.79. The average molecular weight is 432 g/mol. The summed E-state index contributed by atoms with van der Waals surface area (Å²) in [6.07, 6.45) is 0. The Balaban J connectivity index is 0.000000442. The van der Waals surface area contributed by atoms with Crippen molar-refractivity contribution in [3.63, 3.8) is 0 Å². The third-order valence-electron chi connectivity index (χ3n) is 1.55. The Hall–Kier alpha value is -0.180. The zero-order valence-corrected chi connectivity index (χ0v) is 12.6. The molecule has 0 atom stereocenters. The maximum atomic E-state index is 10.8. The van der Waals surface area contributed by atoms with Crippen LogP contribution in [0.1, 0.15) is 34.6 Å². The summed E-state index contributed by atoms with van der Waals surface area (Å²) in [6.45, 7) is 4.00. The minimum absolute atomic E-state index is 0.359. The van der Waals surface area contributed by atoms with Crippen LogP contribution in [0.25, 0.3) is 0 Å². The molecule has 1 aliphatic heterocycles. The number of fused-ring (bicyclic) bond motifs is 1. The molecule has 0 amide bonds. The van der Waals surface area contributed by atoms with Crippen LogP contribution in [0.2, 0.25) is 0 Å². The van der Waals surface area contributed by atoms with Gasteiger partial charge in [-0.25, -0.2) is 9.59 Å². The molecule has 0 spiro atoms. The number of carbonyl (C=O) groups excluding carboxylic acids is 2. The van der Waals surface area contributed by atoms with Gasteiger partial charge in [-0.2, -0.15) is 0 Å². The number of benzene rings is 1. The number of ether oxygens (including phenoxy) is 1. The molecule has 0 fully saturated rings. The average Bonchev–Trinajstić information content (AvgIpc) is 2.61. The van der Waals surface area contributed by atoms with Crippen LogP contribution >= 0.6 is 37.2 Å². The highest BCUT2D eigenvalue weighted by molar-refractivity contribution is 15.0. The van der Waals surface area contributed by atoms with Gasteiger partial charge in [0.25, 0.3) is 0 Å². The van der Waals surface area contributed by atoms with Crippen LogP contribution in [0, 0.1) is 0 Å². The molecule has 0 radical (unpaired) electrons. The minimum atomic E-state index is -0.550. The van der Waals surface area contributed by atoms with Gasteiger partial charge in [0, 0.05) is 37.2 Å². The van der Waals surface area contributed by atoms with E-state index in [-0.39, 0.29) is 0 Å². The highest BCUT2D eigenvalue weighted by atomic mass is 128. The molecule has 0 saturated heterocycles. The van der Waals surface area contributed by atoms with E-state index in [1.807, 2.05) is 13.8 Å². The lowest BCUT2D eigenvalue weighted by molar-refractivity contribution is 0.0444. The van der Waals surface area contributed by atoms with Crippen molar-refractivity contribution in [2.24, 2.45) is 0 Å². The van der Waals surface area contributed by atoms with Crippen molar-refractivity contribution in [3.05, 3.63) is 35.4 Å². The van der Waals surface area contributed by atoms with Crippen molar-refractivity contribution in [3.8, 4) is 0 Å². The first kappa shape index (κ1) is 14.8. The van der Waals surface area contributed by atoms with Gasteiger partial charge >= 0.3 is 11.9 Å². The molecule has 0 unspecified atom stereocenters. The number of carbonyl (C=O) groups is 2. The van der Waals surface area contributed by atoms with Gasteiger partial charge < -0.3 is 4.74 Å². The Bertz CT molecular complexity index is 317. The Labute approximate surface area is 112 Å². The number of cyclic esters (lactones) is 2. The third kappa shape index (κ3) is 3.71. The van der Waals surface area contributed by atoms with Crippen molar-refractivity contribution in [1.82, 2.24) is 0 Å². The monoisotopic (exact) mass is 432 g/mol.